The molecule has 0 unspecified atom stereocenters. The van der Waals surface area contributed by atoms with Crippen molar-refractivity contribution in [3.05, 3.63) is 60.7 Å². The molecule has 25 heavy (non-hydrogen) atoms. The average Bonchev–Trinajstić information content (AvgIpc) is 2.66. The smallest absolute Gasteiger partial charge is 0.396 e. The van der Waals surface area contributed by atoms with E-state index in [4.69, 9.17) is 29.9 Å². The van der Waals surface area contributed by atoms with Gasteiger partial charge in [0, 0.05) is 0 Å². The molecule has 0 amide bonds. The van der Waals surface area contributed by atoms with Crippen molar-refractivity contribution in [2.75, 3.05) is 26.4 Å². The fourth-order valence-corrected chi connectivity index (χ4v) is 1.49. The van der Waals surface area contributed by atoms with E-state index in [0.29, 0.717) is 11.5 Å². The average molecular weight is 350 g/mol. The van der Waals surface area contributed by atoms with Crippen molar-refractivity contribution in [2.24, 2.45) is 5.41 Å². The van der Waals surface area contributed by atoms with Crippen LogP contribution in [0.1, 0.15) is 0 Å². The molecular formula is C18H22O7. The summed E-state index contributed by atoms with van der Waals surface area (Å²) in [4.78, 5) is 11.3. The number of hydrogen-bond donors (Lipinski definition) is 4. The van der Waals surface area contributed by atoms with Gasteiger partial charge < -0.3 is 29.9 Å². The third kappa shape index (κ3) is 7.32. The van der Waals surface area contributed by atoms with Gasteiger partial charge in [-0.3, -0.25) is 0 Å². The number of carbonyl (C=O) groups is 1. The van der Waals surface area contributed by atoms with Crippen LogP contribution >= 0.6 is 0 Å². The van der Waals surface area contributed by atoms with E-state index in [2.05, 4.69) is 0 Å². The number of aliphatic hydroxyl groups excluding tert-OH is 4. The Balaban J connectivity index is 0.000000299. The number of hydrogen-bond acceptors (Lipinski definition) is 7. The zero-order chi connectivity index (χ0) is 18.5. The summed E-state index contributed by atoms with van der Waals surface area (Å²) in [6.07, 6.45) is -0.739. The standard InChI is InChI=1S/C13H10O3.C5H12O4/c14-13(15-11-7-3-1-4-8-11)16-12-9-5-2-6-10-12;6-1-5(2-7,3-8)4-9/h1-10H;6-9H,1-4H2. The molecule has 2 aromatic carbocycles. The van der Waals surface area contributed by atoms with Crippen LogP contribution in [0.3, 0.4) is 0 Å². The van der Waals surface area contributed by atoms with E-state index in [9.17, 15) is 4.79 Å². The molecule has 0 aliphatic rings. The van der Waals surface area contributed by atoms with Gasteiger partial charge in [-0.05, 0) is 24.3 Å². The first kappa shape index (κ1) is 20.6. The molecule has 0 heterocycles. The van der Waals surface area contributed by atoms with Crippen molar-refractivity contribution in [3.63, 3.8) is 0 Å². The molecule has 136 valence electrons. The van der Waals surface area contributed by atoms with Crippen LogP contribution in [0, 0.1) is 5.41 Å². The Bertz CT molecular complexity index is 536. The summed E-state index contributed by atoms with van der Waals surface area (Å²) < 4.78 is 9.91. The van der Waals surface area contributed by atoms with Crippen LogP contribution in [0.25, 0.3) is 0 Å². The highest BCUT2D eigenvalue weighted by Gasteiger charge is 2.26. The van der Waals surface area contributed by atoms with Crippen molar-refractivity contribution in [1.29, 1.82) is 0 Å². The predicted molar refractivity (Wildman–Crippen MR) is 90.3 cm³/mol. The largest absolute Gasteiger partial charge is 0.519 e. The van der Waals surface area contributed by atoms with Crippen LogP contribution in [0.2, 0.25) is 0 Å². The lowest BCUT2D eigenvalue weighted by molar-refractivity contribution is -0.0328. The molecule has 0 aromatic heterocycles. The summed E-state index contributed by atoms with van der Waals surface area (Å²) in [7, 11) is 0. The first-order valence-electron chi connectivity index (χ1n) is 7.52. The maximum Gasteiger partial charge on any atom is 0.519 e. The van der Waals surface area contributed by atoms with Crippen molar-refractivity contribution >= 4 is 6.16 Å². The molecule has 7 heteroatoms. The predicted octanol–water partition coefficient (Wildman–Crippen LogP) is 1.21. The Labute approximate surface area is 145 Å². The fraction of sp³-hybridized carbons (Fsp3) is 0.278. The maximum absolute atomic E-state index is 11.3. The molecule has 0 aliphatic heterocycles. The Hall–Kier alpha value is -2.45. The van der Waals surface area contributed by atoms with E-state index in [1.54, 1.807) is 48.5 Å². The molecule has 0 radical (unpaired) electrons. The number of benzene rings is 2. The topological polar surface area (TPSA) is 116 Å². The number of aliphatic hydroxyl groups is 4. The Morgan fingerprint density at radius 1 is 0.680 bits per heavy atom. The Morgan fingerprint density at radius 3 is 1.24 bits per heavy atom. The van der Waals surface area contributed by atoms with Gasteiger partial charge in [0.25, 0.3) is 0 Å². The summed E-state index contributed by atoms with van der Waals surface area (Å²) in [5.74, 6) is 0.923. The Kier molecular flexibility index (Phi) is 9.20. The lowest BCUT2D eigenvalue weighted by Crippen LogP contribution is -2.37. The molecule has 2 aromatic rings. The maximum atomic E-state index is 11.3. The minimum Gasteiger partial charge on any atom is -0.396 e. The van der Waals surface area contributed by atoms with Gasteiger partial charge in [-0.1, -0.05) is 36.4 Å². The zero-order valence-corrected chi connectivity index (χ0v) is 13.6. The number of carbonyl (C=O) groups excluding carboxylic acids is 1. The van der Waals surface area contributed by atoms with Crippen molar-refractivity contribution < 1.29 is 34.7 Å². The molecule has 0 saturated heterocycles. The molecule has 0 bridgehead atoms. The second-order valence-electron chi connectivity index (χ2n) is 5.21. The third-order valence-electron chi connectivity index (χ3n) is 3.23. The minimum absolute atomic E-state index is 0.406. The summed E-state index contributed by atoms with van der Waals surface area (Å²) in [6.45, 7) is -1.62. The van der Waals surface area contributed by atoms with E-state index in [0.717, 1.165) is 0 Å². The highest BCUT2D eigenvalue weighted by molar-refractivity contribution is 5.66. The number of ether oxygens (including phenoxy) is 2. The van der Waals surface area contributed by atoms with Crippen LogP contribution < -0.4 is 9.47 Å². The van der Waals surface area contributed by atoms with Gasteiger partial charge in [0.05, 0.1) is 31.8 Å². The van der Waals surface area contributed by atoms with Gasteiger partial charge >= 0.3 is 6.16 Å². The summed E-state index contributed by atoms with van der Waals surface area (Å²) in [5, 5.41) is 34.0. The summed E-state index contributed by atoms with van der Waals surface area (Å²) in [6, 6.07) is 17.6. The number of rotatable bonds is 6. The molecule has 2 rings (SSSR count). The molecule has 0 fully saturated rings. The van der Waals surface area contributed by atoms with Crippen molar-refractivity contribution in [2.45, 2.75) is 0 Å². The van der Waals surface area contributed by atoms with Crippen molar-refractivity contribution in [1.82, 2.24) is 0 Å². The molecule has 0 spiro atoms. The molecule has 0 saturated carbocycles. The van der Waals surface area contributed by atoms with E-state index < -0.39 is 38.0 Å². The van der Waals surface area contributed by atoms with Crippen LogP contribution in [0.5, 0.6) is 11.5 Å². The SMILES string of the molecule is O=C(Oc1ccccc1)Oc1ccccc1.OCC(CO)(CO)CO. The normalized spacial score (nSPS) is 10.4. The van der Waals surface area contributed by atoms with Crippen LogP contribution in [0.4, 0.5) is 4.79 Å². The molecule has 0 aliphatic carbocycles. The van der Waals surface area contributed by atoms with E-state index in [1.807, 2.05) is 12.1 Å². The highest BCUT2D eigenvalue weighted by atomic mass is 16.7. The first-order chi connectivity index (χ1) is 12.1. The monoisotopic (exact) mass is 350 g/mol. The highest BCUT2D eigenvalue weighted by Crippen LogP contribution is 2.13. The summed E-state index contributed by atoms with van der Waals surface area (Å²) >= 11 is 0. The third-order valence-corrected chi connectivity index (χ3v) is 3.23. The van der Waals surface area contributed by atoms with E-state index in [-0.39, 0.29) is 0 Å². The van der Waals surface area contributed by atoms with Crippen molar-refractivity contribution in [3.8, 4) is 11.5 Å². The van der Waals surface area contributed by atoms with E-state index in [1.165, 1.54) is 0 Å². The van der Waals surface area contributed by atoms with Gasteiger partial charge in [0.1, 0.15) is 11.5 Å². The van der Waals surface area contributed by atoms with Gasteiger partial charge in [0.2, 0.25) is 0 Å². The van der Waals surface area contributed by atoms with Crippen LogP contribution in [0.15, 0.2) is 60.7 Å². The van der Waals surface area contributed by atoms with Crippen LogP contribution in [-0.4, -0.2) is 53.0 Å². The molecule has 0 atom stereocenters. The molecule has 4 N–H and O–H groups in total. The lowest BCUT2D eigenvalue weighted by Gasteiger charge is -2.23. The Morgan fingerprint density at radius 2 is 1.00 bits per heavy atom. The minimum atomic E-state index is -1.11. The zero-order valence-electron chi connectivity index (χ0n) is 13.6. The summed E-state index contributed by atoms with van der Waals surface area (Å²) in [5.41, 5.74) is -1.11. The van der Waals surface area contributed by atoms with Gasteiger partial charge in [0.15, 0.2) is 0 Å². The second-order valence-corrected chi connectivity index (χ2v) is 5.21. The fourth-order valence-electron chi connectivity index (χ4n) is 1.49. The first-order valence-corrected chi connectivity index (χ1v) is 7.52. The van der Waals surface area contributed by atoms with Crippen LogP contribution in [-0.2, 0) is 0 Å². The van der Waals surface area contributed by atoms with E-state index >= 15 is 0 Å². The van der Waals surface area contributed by atoms with Gasteiger partial charge in [-0.25, -0.2) is 4.79 Å². The molecular weight excluding hydrogens is 328 g/mol. The second kappa shape index (κ2) is 11.2. The molecule has 7 nitrogen and oxygen atoms in total. The van der Waals surface area contributed by atoms with Gasteiger partial charge in [-0.15, -0.1) is 0 Å². The quantitative estimate of drug-likeness (QED) is 0.457. The number of para-hydroxylation sites is 2. The lowest BCUT2D eigenvalue weighted by atomic mass is 9.93. The van der Waals surface area contributed by atoms with Gasteiger partial charge in [-0.2, -0.15) is 0 Å².